The summed E-state index contributed by atoms with van der Waals surface area (Å²) < 4.78 is 0. The number of carbonyl (C=O) groups excluding carboxylic acids is 1. The van der Waals surface area contributed by atoms with Gasteiger partial charge in [-0.25, -0.2) is 0 Å². The third kappa shape index (κ3) is 3.18. The molecule has 1 aromatic rings. The number of amides is 1. The van der Waals surface area contributed by atoms with Gasteiger partial charge in [-0.1, -0.05) is 0 Å². The van der Waals surface area contributed by atoms with E-state index in [2.05, 4.69) is 15.5 Å². The van der Waals surface area contributed by atoms with Crippen LogP contribution in [0, 0.1) is 0 Å². The molecular formula is C12H17N3O2. The van der Waals surface area contributed by atoms with Crippen molar-refractivity contribution in [1.29, 1.82) is 0 Å². The standard InChI is InChI=1S/C12H17N3O2/c16-9-14-12-2-1-11(17)7-10(12)8-15-5-3-13-4-6-15/h1-2,7,9,13,17H,3-6,8H2,(H,14,16). The molecule has 5 heteroatoms. The molecule has 0 radical (unpaired) electrons. The lowest BCUT2D eigenvalue weighted by molar-refractivity contribution is -0.105. The maximum atomic E-state index is 10.5. The van der Waals surface area contributed by atoms with Gasteiger partial charge in [0.15, 0.2) is 0 Å². The van der Waals surface area contributed by atoms with Crippen molar-refractivity contribution in [1.82, 2.24) is 10.2 Å². The van der Waals surface area contributed by atoms with E-state index in [1.165, 1.54) is 0 Å². The quantitative estimate of drug-likeness (QED) is 0.521. The van der Waals surface area contributed by atoms with E-state index in [0.717, 1.165) is 44.0 Å². The molecule has 2 rings (SSSR count). The average Bonchev–Trinajstić information content (AvgIpc) is 2.34. The van der Waals surface area contributed by atoms with E-state index in [0.29, 0.717) is 6.41 Å². The highest BCUT2D eigenvalue weighted by molar-refractivity contribution is 5.73. The first-order chi connectivity index (χ1) is 8.29. The Morgan fingerprint density at radius 3 is 2.88 bits per heavy atom. The molecule has 1 amide bonds. The van der Waals surface area contributed by atoms with Crippen LogP contribution in [-0.2, 0) is 11.3 Å². The summed E-state index contributed by atoms with van der Waals surface area (Å²) in [4.78, 5) is 12.8. The number of anilines is 1. The lowest BCUT2D eigenvalue weighted by atomic mass is 10.1. The molecule has 0 unspecified atom stereocenters. The van der Waals surface area contributed by atoms with Gasteiger partial charge in [0.2, 0.25) is 6.41 Å². The lowest BCUT2D eigenvalue weighted by Gasteiger charge is -2.27. The van der Waals surface area contributed by atoms with Gasteiger partial charge in [0.25, 0.3) is 0 Å². The number of nitrogens with one attached hydrogen (secondary N) is 2. The minimum atomic E-state index is 0.228. The summed E-state index contributed by atoms with van der Waals surface area (Å²) in [7, 11) is 0. The van der Waals surface area contributed by atoms with Crippen LogP contribution in [0.15, 0.2) is 18.2 Å². The molecule has 5 nitrogen and oxygen atoms in total. The molecule has 1 heterocycles. The Hall–Kier alpha value is -1.59. The maximum absolute atomic E-state index is 10.5. The van der Waals surface area contributed by atoms with E-state index in [9.17, 15) is 9.90 Å². The van der Waals surface area contributed by atoms with E-state index in [4.69, 9.17) is 0 Å². The normalized spacial score (nSPS) is 16.7. The van der Waals surface area contributed by atoms with Crippen LogP contribution in [0.25, 0.3) is 0 Å². The largest absolute Gasteiger partial charge is 0.508 e. The Kier molecular flexibility index (Phi) is 3.95. The number of carbonyl (C=O) groups is 1. The molecule has 0 aromatic heterocycles. The Morgan fingerprint density at radius 1 is 1.41 bits per heavy atom. The third-order valence-corrected chi connectivity index (χ3v) is 2.91. The zero-order chi connectivity index (χ0) is 12.1. The Morgan fingerprint density at radius 2 is 2.18 bits per heavy atom. The number of piperazine rings is 1. The summed E-state index contributed by atoms with van der Waals surface area (Å²) in [6.07, 6.45) is 0.660. The van der Waals surface area contributed by atoms with E-state index < -0.39 is 0 Å². The number of hydrogen-bond acceptors (Lipinski definition) is 4. The van der Waals surface area contributed by atoms with Gasteiger partial charge in [-0.3, -0.25) is 9.69 Å². The number of benzene rings is 1. The molecule has 0 bridgehead atoms. The molecule has 1 fully saturated rings. The molecule has 1 aliphatic heterocycles. The van der Waals surface area contributed by atoms with Gasteiger partial charge in [0, 0.05) is 38.4 Å². The topological polar surface area (TPSA) is 64.6 Å². The summed E-state index contributed by atoms with van der Waals surface area (Å²) in [5, 5.41) is 15.4. The van der Waals surface area contributed by atoms with Crippen LogP contribution in [0.1, 0.15) is 5.56 Å². The fourth-order valence-corrected chi connectivity index (χ4v) is 2.03. The van der Waals surface area contributed by atoms with Gasteiger partial charge in [0.05, 0.1) is 0 Å². The molecule has 1 saturated heterocycles. The minimum Gasteiger partial charge on any atom is -0.508 e. The second kappa shape index (κ2) is 5.65. The SMILES string of the molecule is O=CNc1ccc(O)cc1CN1CCNCC1. The van der Waals surface area contributed by atoms with E-state index in [-0.39, 0.29) is 5.75 Å². The summed E-state index contributed by atoms with van der Waals surface area (Å²) in [6.45, 7) is 4.67. The van der Waals surface area contributed by atoms with E-state index in [1.807, 2.05) is 0 Å². The number of phenols is 1. The number of hydrogen-bond donors (Lipinski definition) is 3. The maximum Gasteiger partial charge on any atom is 0.211 e. The smallest absolute Gasteiger partial charge is 0.211 e. The highest BCUT2D eigenvalue weighted by Gasteiger charge is 2.12. The highest BCUT2D eigenvalue weighted by Crippen LogP contribution is 2.22. The minimum absolute atomic E-state index is 0.228. The number of phenolic OH excluding ortho intramolecular Hbond substituents is 1. The first-order valence-electron chi connectivity index (χ1n) is 5.75. The van der Waals surface area contributed by atoms with Crippen molar-refractivity contribution in [3.8, 4) is 5.75 Å². The molecule has 1 aromatic carbocycles. The zero-order valence-electron chi connectivity index (χ0n) is 9.65. The summed E-state index contributed by atoms with van der Waals surface area (Å²) >= 11 is 0. The average molecular weight is 235 g/mol. The van der Waals surface area contributed by atoms with E-state index >= 15 is 0 Å². The van der Waals surface area contributed by atoms with Gasteiger partial charge in [0.1, 0.15) is 5.75 Å². The van der Waals surface area contributed by atoms with Crippen LogP contribution >= 0.6 is 0 Å². The van der Waals surface area contributed by atoms with Crippen molar-refractivity contribution in [3.63, 3.8) is 0 Å². The molecular weight excluding hydrogens is 218 g/mol. The van der Waals surface area contributed by atoms with Crippen molar-refractivity contribution < 1.29 is 9.90 Å². The second-order valence-electron chi connectivity index (χ2n) is 4.13. The fraction of sp³-hybridized carbons (Fsp3) is 0.417. The van der Waals surface area contributed by atoms with Crippen LogP contribution in [0.5, 0.6) is 5.75 Å². The van der Waals surface area contributed by atoms with E-state index in [1.54, 1.807) is 18.2 Å². The first kappa shape index (κ1) is 11.9. The molecule has 0 saturated carbocycles. The molecule has 92 valence electrons. The molecule has 17 heavy (non-hydrogen) atoms. The van der Waals surface area contributed by atoms with Gasteiger partial charge in [-0.15, -0.1) is 0 Å². The molecule has 3 N–H and O–H groups in total. The van der Waals surface area contributed by atoms with Crippen molar-refractivity contribution in [3.05, 3.63) is 23.8 Å². The number of nitrogens with zero attached hydrogens (tertiary/aromatic N) is 1. The highest BCUT2D eigenvalue weighted by atomic mass is 16.3. The number of aromatic hydroxyl groups is 1. The Labute approximate surface area is 100 Å². The van der Waals surface area contributed by atoms with Crippen molar-refractivity contribution >= 4 is 12.1 Å². The van der Waals surface area contributed by atoms with Crippen molar-refractivity contribution in [2.24, 2.45) is 0 Å². The van der Waals surface area contributed by atoms with Gasteiger partial charge < -0.3 is 15.7 Å². The van der Waals surface area contributed by atoms with Crippen LogP contribution in [0.4, 0.5) is 5.69 Å². The lowest BCUT2D eigenvalue weighted by Crippen LogP contribution is -2.42. The predicted molar refractivity (Wildman–Crippen MR) is 65.9 cm³/mol. The second-order valence-corrected chi connectivity index (χ2v) is 4.13. The first-order valence-corrected chi connectivity index (χ1v) is 5.75. The van der Waals surface area contributed by atoms with Crippen molar-refractivity contribution in [2.45, 2.75) is 6.54 Å². The monoisotopic (exact) mass is 235 g/mol. The molecule has 0 atom stereocenters. The zero-order valence-corrected chi connectivity index (χ0v) is 9.65. The number of rotatable bonds is 4. The van der Waals surface area contributed by atoms with Crippen molar-refractivity contribution in [2.75, 3.05) is 31.5 Å². The third-order valence-electron chi connectivity index (χ3n) is 2.91. The van der Waals surface area contributed by atoms with Gasteiger partial charge >= 0.3 is 0 Å². The van der Waals surface area contributed by atoms with Gasteiger partial charge in [-0.2, -0.15) is 0 Å². The summed E-state index contributed by atoms with van der Waals surface area (Å²) in [5.41, 5.74) is 1.70. The fourth-order valence-electron chi connectivity index (χ4n) is 2.03. The summed E-state index contributed by atoms with van der Waals surface area (Å²) in [6, 6.07) is 5.00. The predicted octanol–water partition coefficient (Wildman–Crippen LogP) is 0.366. The Bertz CT molecular complexity index is 389. The van der Waals surface area contributed by atoms with Gasteiger partial charge in [-0.05, 0) is 23.8 Å². The van der Waals surface area contributed by atoms with Crippen LogP contribution < -0.4 is 10.6 Å². The molecule has 0 spiro atoms. The van der Waals surface area contributed by atoms with Crippen LogP contribution in [0.3, 0.4) is 0 Å². The van der Waals surface area contributed by atoms with Crippen LogP contribution in [0.2, 0.25) is 0 Å². The molecule has 0 aliphatic carbocycles. The summed E-state index contributed by atoms with van der Waals surface area (Å²) in [5.74, 6) is 0.228. The Balaban J connectivity index is 2.11. The van der Waals surface area contributed by atoms with Crippen LogP contribution in [-0.4, -0.2) is 42.6 Å². The molecule has 1 aliphatic rings.